The minimum absolute atomic E-state index is 0.0323. The molecule has 0 spiro atoms. The van der Waals surface area contributed by atoms with E-state index in [1.54, 1.807) is 0 Å². The molecule has 1 aliphatic heterocycles. The van der Waals surface area contributed by atoms with Gasteiger partial charge in [-0.1, -0.05) is 48.0 Å². The summed E-state index contributed by atoms with van der Waals surface area (Å²) in [6.07, 6.45) is 0. The number of amides is 2. The lowest BCUT2D eigenvalue weighted by atomic mass is 10.1. The summed E-state index contributed by atoms with van der Waals surface area (Å²) in [5, 5.41) is 3.73. The van der Waals surface area contributed by atoms with E-state index in [0.29, 0.717) is 5.02 Å². The number of rotatable bonds is 3. The Morgan fingerprint density at radius 2 is 1.62 bits per heavy atom. The first kappa shape index (κ1) is 16.7. The molecule has 1 heterocycles. The highest BCUT2D eigenvalue weighted by Gasteiger charge is 2.22. The molecular formula is C19H22ClN3O. The van der Waals surface area contributed by atoms with Crippen LogP contribution in [0.2, 0.25) is 5.02 Å². The van der Waals surface area contributed by atoms with Crippen molar-refractivity contribution in [1.29, 1.82) is 0 Å². The summed E-state index contributed by atoms with van der Waals surface area (Å²) in [5.41, 5.74) is 2.15. The van der Waals surface area contributed by atoms with E-state index in [4.69, 9.17) is 11.6 Å². The summed E-state index contributed by atoms with van der Waals surface area (Å²) in [6.45, 7) is 5.08. The van der Waals surface area contributed by atoms with E-state index in [1.165, 1.54) is 5.69 Å². The maximum atomic E-state index is 12.5. The topological polar surface area (TPSA) is 35.6 Å². The van der Waals surface area contributed by atoms with Crippen molar-refractivity contribution in [2.75, 3.05) is 31.1 Å². The van der Waals surface area contributed by atoms with Crippen LogP contribution in [0.4, 0.5) is 10.5 Å². The Balaban J connectivity index is 1.55. The molecule has 24 heavy (non-hydrogen) atoms. The Morgan fingerprint density at radius 3 is 2.29 bits per heavy atom. The summed E-state index contributed by atoms with van der Waals surface area (Å²) in [7, 11) is 0. The van der Waals surface area contributed by atoms with E-state index in [9.17, 15) is 4.79 Å². The van der Waals surface area contributed by atoms with Crippen molar-refractivity contribution in [3.63, 3.8) is 0 Å². The Kier molecular flexibility index (Phi) is 5.26. The zero-order valence-electron chi connectivity index (χ0n) is 13.8. The maximum absolute atomic E-state index is 12.5. The Morgan fingerprint density at radius 1 is 1.00 bits per heavy atom. The molecule has 0 aliphatic carbocycles. The van der Waals surface area contributed by atoms with Gasteiger partial charge in [0.2, 0.25) is 0 Å². The number of carbonyl (C=O) groups is 1. The van der Waals surface area contributed by atoms with Crippen LogP contribution < -0.4 is 10.2 Å². The fourth-order valence-electron chi connectivity index (χ4n) is 2.99. The van der Waals surface area contributed by atoms with Crippen LogP contribution >= 0.6 is 11.6 Å². The van der Waals surface area contributed by atoms with Gasteiger partial charge in [0, 0.05) is 36.9 Å². The van der Waals surface area contributed by atoms with Gasteiger partial charge in [0.1, 0.15) is 0 Å². The number of piperazine rings is 1. The molecule has 1 unspecified atom stereocenters. The van der Waals surface area contributed by atoms with Crippen molar-refractivity contribution in [3.8, 4) is 0 Å². The zero-order valence-corrected chi connectivity index (χ0v) is 14.5. The molecule has 0 aromatic heterocycles. The molecule has 5 heteroatoms. The number of urea groups is 1. The van der Waals surface area contributed by atoms with Crippen LogP contribution in [-0.4, -0.2) is 37.1 Å². The van der Waals surface area contributed by atoms with Crippen molar-refractivity contribution in [2.24, 2.45) is 0 Å². The number of hydrogen-bond donors (Lipinski definition) is 1. The normalized spacial score (nSPS) is 15.9. The van der Waals surface area contributed by atoms with Crippen molar-refractivity contribution in [1.82, 2.24) is 10.2 Å². The van der Waals surface area contributed by atoms with E-state index >= 15 is 0 Å². The van der Waals surface area contributed by atoms with Gasteiger partial charge in [0.05, 0.1) is 6.04 Å². The SMILES string of the molecule is CC(NC(=O)N1CCN(c2ccccc2)CC1)c1ccccc1Cl. The molecular weight excluding hydrogens is 322 g/mol. The third-order valence-corrected chi connectivity index (χ3v) is 4.74. The first-order chi connectivity index (χ1) is 11.6. The molecule has 1 saturated heterocycles. The molecule has 1 fully saturated rings. The van der Waals surface area contributed by atoms with Crippen molar-refractivity contribution >= 4 is 23.3 Å². The summed E-state index contributed by atoms with van der Waals surface area (Å²) in [6, 6.07) is 17.8. The quantitative estimate of drug-likeness (QED) is 0.916. The van der Waals surface area contributed by atoms with Crippen LogP contribution in [0.25, 0.3) is 0 Å². The number of nitrogens with zero attached hydrogens (tertiary/aromatic N) is 2. The van der Waals surface area contributed by atoms with Crippen LogP contribution in [-0.2, 0) is 0 Å². The molecule has 2 amide bonds. The Hall–Kier alpha value is -2.20. The fourth-order valence-corrected chi connectivity index (χ4v) is 3.29. The third kappa shape index (κ3) is 3.82. The minimum atomic E-state index is -0.113. The van der Waals surface area contributed by atoms with Crippen LogP contribution in [0.1, 0.15) is 18.5 Å². The van der Waals surface area contributed by atoms with Crippen LogP contribution in [0, 0.1) is 0 Å². The average molecular weight is 344 g/mol. The van der Waals surface area contributed by atoms with E-state index in [2.05, 4.69) is 22.3 Å². The predicted octanol–water partition coefficient (Wildman–Crippen LogP) is 3.93. The smallest absolute Gasteiger partial charge is 0.317 e. The second kappa shape index (κ2) is 7.58. The van der Waals surface area contributed by atoms with Crippen molar-refractivity contribution in [3.05, 3.63) is 65.2 Å². The number of carbonyl (C=O) groups excluding carboxylic acids is 1. The Bertz CT molecular complexity index is 684. The van der Waals surface area contributed by atoms with Crippen LogP contribution in [0.15, 0.2) is 54.6 Å². The second-order valence-corrected chi connectivity index (χ2v) is 6.41. The van der Waals surface area contributed by atoms with Gasteiger partial charge < -0.3 is 15.1 Å². The van der Waals surface area contributed by atoms with Crippen LogP contribution in [0.5, 0.6) is 0 Å². The zero-order chi connectivity index (χ0) is 16.9. The number of nitrogens with one attached hydrogen (secondary N) is 1. The van der Waals surface area contributed by atoms with Gasteiger partial charge in [0.25, 0.3) is 0 Å². The molecule has 3 rings (SSSR count). The van der Waals surface area contributed by atoms with Gasteiger partial charge in [-0.25, -0.2) is 4.79 Å². The number of para-hydroxylation sites is 1. The van der Waals surface area contributed by atoms with E-state index in [0.717, 1.165) is 31.7 Å². The third-order valence-electron chi connectivity index (χ3n) is 4.40. The van der Waals surface area contributed by atoms with E-state index in [-0.39, 0.29) is 12.1 Å². The van der Waals surface area contributed by atoms with Crippen molar-refractivity contribution in [2.45, 2.75) is 13.0 Å². The predicted molar refractivity (Wildman–Crippen MR) is 98.6 cm³/mol. The molecule has 0 bridgehead atoms. The standard InChI is InChI=1S/C19H22ClN3O/c1-15(17-9-5-6-10-18(17)20)21-19(24)23-13-11-22(12-14-23)16-7-3-2-4-8-16/h2-10,15H,11-14H2,1H3,(H,21,24). The summed E-state index contributed by atoms with van der Waals surface area (Å²) in [4.78, 5) is 16.7. The summed E-state index contributed by atoms with van der Waals surface area (Å²) in [5.74, 6) is 0. The fraction of sp³-hybridized carbons (Fsp3) is 0.316. The molecule has 126 valence electrons. The maximum Gasteiger partial charge on any atom is 0.317 e. The monoisotopic (exact) mass is 343 g/mol. The molecule has 2 aromatic rings. The highest BCUT2D eigenvalue weighted by Crippen LogP contribution is 2.22. The van der Waals surface area contributed by atoms with Gasteiger partial charge in [-0.3, -0.25) is 0 Å². The molecule has 1 aliphatic rings. The average Bonchev–Trinajstić information content (AvgIpc) is 2.63. The lowest BCUT2D eigenvalue weighted by Crippen LogP contribution is -2.52. The largest absolute Gasteiger partial charge is 0.368 e. The van der Waals surface area contributed by atoms with Gasteiger partial charge in [-0.05, 0) is 30.7 Å². The van der Waals surface area contributed by atoms with Crippen molar-refractivity contribution < 1.29 is 4.79 Å². The van der Waals surface area contributed by atoms with Gasteiger partial charge in [-0.15, -0.1) is 0 Å². The minimum Gasteiger partial charge on any atom is -0.368 e. The number of benzene rings is 2. The molecule has 0 radical (unpaired) electrons. The first-order valence-corrected chi connectivity index (χ1v) is 8.63. The van der Waals surface area contributed by atoms with Gasteiger partial charge in [-0.2, -0.15) is 0 Å². The highest BCUT2D eigenvalue weighted by atomic mass is 35.5. The Labute approximate surface area is 148 Å². The lowest BCUT2D eigenvalue weighted by Gasteiger charge is -2.36. The molecule has 1 N–H and O–H groups in total. The molecule has 4 nitrogen and oxygen atoms in total. The molecule has 1 atom stereocenters. The van der Waals surface area contributed by atoms with Crippen LogP contribution in [0.3, 0.4) is 0 Å². The lowest BCUT2D eigenvalue weighted by molar-refractivity contribution is 0.191. The van der Waals surface area contributed by atoms with E-state index < -0.39 is 0 Å². The van der Waals surface area contributed by atoms with Gasteiger partial charge >= 0.3 is 6.03 Å². The number of anilines is 1. The first-order valence-electron chi connectivity index (χ1n) is 8.25. The highest BCUT2D eigenvalue weighted by molar-refractivity contribution is 6.31. The van der Waals surface area contributed by atoms with Gasteiger partial charge in [0.15, 0.2) is 0 Å². The molecule has 0 saturated carbocycles. The van der Waals surface area contributed by atoms with E-state index in [1.807, 2.05) is 54.3 Å². The number of halogens is 1. The number of hydrogen-bond acceptors (Lipinski definition) is 2. The second-order valence-electron chi connectivity index (χ2n) is 6.00. The summed E-state index contributed by atoms with van der Waals surface area (Å²) >= 11 is 6.20. The summed E-state index contributed by atoms with van der Waals surface area (Å²) < 4.78 is 0. The molecule has 2 aromatic carbocycles.